The maximum Gasteiger partial charge on any atom is 0.323 e. The highest BCUT2D eigenvalue weighted by molar-refractivity contribution is 8.26. The lowest BCUT2D eigenvalue weighted by molar-refractivity contribution is -0.140. The van der Waals surface area contributed by atoms with E-state index >= 15 is 0 Å². The van der Waals surface area contributed by atoms with Crippen LogP contribution in [0.1, 0.15) is 5.56 Å². The summed E-state index contributed by atoms with van der Waals surface area (Å²) in [6.07, 6.45) is 3.75. The van der Waals surface area contributed by atoms with Crippen LogP contribution in [-0.4, -0.2) is 43.9 Å². The molecule has 0 bridgehead atoms. The number of aromatic nitrogens is 1. The molecule has 8 heteroatoms. The van der Waals surface area contributed by atoms with Gasteiger partial charge < -0.3 is 14.4 Å². The van der Waals surface area contributed by atoms with E-state index < -0.39 is 12.5 Å². The Morgan fingerprint density at radius 3 is 2.63 bits per heavy atom. The molecule has 0 saturated carbocycles. The highest BCUT2D eigenvalue weighted by atomic mass is 32.2. The largest absolute Gasteiger partial charge is 0.492 e. The zero-order valence-corrected chi connectivity index (χ0v) is 17.5. The van der Waals surface area contributed by atoms with E-state index in [0.717, 1.165) is 38.9 Å². The van der Waals surface area contributed by atoms with E-state index in [0.29, 0.717) is 18.1 Å². The molecule has 3 aromatic rings. The fourth-order valence-corrected chi connectivity index (χ4v) is 4.51. The Labute approximate surface area is 182 Å². The van der Waals surface area contributed by atoms with Crippen LogP contribution in [0.2, 0.25) is 0 Å². The average Bonchev–Trinajstić information content (AvgIpc) is 3.21. The van der Waals surface area contributed by atoms with E-state index in [1.807, 2.05) is 60.8 Å². The van der Waals surface area contributed by atoms with Gasteiger partial charge in [-0.2, -0.15) is 0 Å². The molecule has 152 valence electrons. The van der Waals surface area contributed by atoms with Gasteiger partial charge in [-0.25, -0.2) is 0 Å². The molecule has 1 N–H and O–H groups in total. The molecule has 30 heavy (non-hydrogen) atoms. The predicted octanol–water partition coefficient (Wildman–Crippen LogP) is 4.01. The number of thiocarbonyl (C=S) groups is 1. The highest BCUT2D eigenvalue weighted by Gasteiger charge is 2.33. The molecule has 2 heterocycles. The number of thioether (sulfide) groups is 1. The Bertz CT molecular complexity index is 1150. The number of fused-ring (bicyclic) bond motifs is 1. The summed E-state index contributed by atoms with van der Waals surface area (Å²) in [6.45, 7) is 0.715. The zero-order valence-electron chi connectivity index (χ0n) is 15.9. The van der Waals surface area contributed by atoms with E-state index in [1.54, 1.807) is 6.08 Å². The van der Waals surface area contributed by atoms with Gasteiger partial charge in [0.1, 0.15) is 23.2 Å². The summed E-state index contributed by atoms with van der Waals surface area (Å²) in [7, 11) is 0. The smallest absolute Gasteiger partial charge is 0.323 e. The second-order valence-electron chi connectivity index (χ2n) is 6.62. The van der Waals surface area contributed by atoms with Gasteiger partial charge in [-0.15, -0.1) is 0 Å². The minimum atomic E-state index is -1.09. The standard InChI is InChI=1S/C22H18N2O4S2/c25-20(26)14-24-21(27)19(30-22(24)29)12-15-13-23(18-9-5-4-8-17(15)18)10-11-28-16-6-2-1-3-7-16/h1-9,12-13H,10-11,14H2,(H,25,26)/b19-12+. The number of benzene rings is 2. The summed E-state index contributed by atoms with van der Waals surface area (Å²) < 4.78 is 8.15. The molecule has 1 fully saturated rings. The van der Waals surface area contributed by atoms with E-state index in [1.165, 1.54) is 0 Å². The maximum absolute atomic E-state index is 12.6. The minimum Gasteiger partial charge on any atom is -0.492 e. The van der Waals surface area contributed by atoms with E-state index in [9.17, 15) is 9.59 Å². The van der Waals surface area contributed by atoms with Crippen molar-refractivity contribution in [3.63, 3.8) is 0 Å². The summed E-state index contributed by atoms with van der Waals surface area (Å²) in [5.74, 6) is -0.657. The Hall–Kier alpha value is -3.10. The zero-order chi connectivity index (χ0) is 21.1. The first-order valence-corrected chi connectivity index (χ1v) is 10.5. The maximum atomic E-state index is 12.6. The molecule has 0 spiro atoms. The van der Waals surface area contributed by atoms with Gasteiger partial charge in [0.25, 0.3) is 5.91 Å². The summed E-state index contributed by atoms with van der Waals surface area (Å²) >= 11 is 6.30. The lowest BCUT2D eigenvalue weighted by Gasteiger charge is -2.10. The third kappa shape index (κ3) is 4.24. The van der Waals surface area contributed by atoms with E-state index in [4.69, 9.17) is 22.1 Å². The fourth-order valence-electron chi connectivity index (χ4n) is 3.27. The molecule has 0 radical (unpaired) electrons. The van der Waals surface area contributed by atoms with Gasteiger partial charge in [0.2, 0.25) is 0 Å². The van der Waals surface area contributed by atoms with Gasteiger partial charge in [0, 0.05) is 22.7 Å². The van der Waals surface area contributed by atoms with Crippen LogP contribution in [0, 0.1) is 0 Å². The first-order chi connectivity index (χ1) is 14.5. The molecule has 4 rings (SSSR count). The number of aliphatic carboxylic acids is 1. The highest BCUT2D eigenvalue weighted by Crippen LogP contribution is 2.34. The molecule has 1 aromatic heterocycles. The number of hydrogen-bond donors (Lipinski definition) is 1. The number of rotatable bonds is 7. The van der Waals surface area contributed by atoms with Gasteiger partial charge >= 0.3 is 5.97 Å². The molecule has 2 aromatic carbocycles. The third-order valence-electron chi connectivity index (χ3n) is 4.62. The van der Waals surface area contributed by atoms with Gasteiger partial charge in [0.05, 0.1) is 11.4 Å². The first-order valence-electron chi connectivity index (χ1n) is 9.26. The van der Waals surface area contributed by atoms with Crippen LogP contribution in [0.5, 0.6) is 5.75 Å². The summed E-state index contributed by atoms with van der Waals surface area (Å²) in [6, 6.07) is 17.6. The Balaban J connectivity index is 1.58. The number of amides is 1. The van der Waals surface area contributed by atoms with Crippen molar-refractivity contribution in [1.82, 2.24) is 9.47 Å². The van der Waals surface area contributed by atoms with Crippen molar-refractivity contribution in [3.05, 3.63) is 71.3 Å². The second-order valence-corrected chi connectivity index (χ2v) is 8.29. The molecule has 0 aliphatic carbocycles. The van der Waals surface area contributed by atoms with Gasteiger partial charge in [-0.05, 0) is 24.3 Å². The molecule has 1 aliphatic heterocycles. The Morgan fingerprint density at radius 1 is 1.13 bits per heavy atom. The van der Waals surface area contributed by atoms with Crippen molar-refractivity contribution >= 4 is 57.2 Å². The summed E-state index contributed by atoms with van der Waals surface area (Å²) in [5, 5.41) is 10.00. The van der Waals surface area contributed by atoms with Crippen LogP contribution in [0.4, 0.5) is 0 Å². The normalized spacial score (nSPS) is 15.3. The number of carbonyl (C=O) groups is 2. The lowest BCUT2D eigenvalue weighted by atomic mass is 10.1. The van der Waals surface area contributed by atoms with Crippen LogP contribution in [0.15, 0.2) is 65.7 Å². The van der Waals surface area contributed by atoms with Gasteiger partial charge in [0.15, 0.2) is 0 Å². The minimum absolute atomic E-state index is 0.258. The van der Waals surface area contributed by atoms with Crippen LogP contribution in [-0.2, 0) is 16.1 Å². The molecular weight excluding hydrogens is 420 g/mol. The number of carboxylic acids is 1. The number of para-hydroxylation sites is 2. The molecule has 6 nitrogen and oxygen atoms in total. The lowest BCUT2D eigenvalue weighted by Crippen LogP contribution is -2.33. The van der Waals surface area contributed by atoms with E-state index in [-0.39, 0.29) is 10.2 Å². The second kappa shape index (κ2) is 8.73. The molecule has 1 amide bonds. The number of hydrogen-bond acceptors (Lipinski definition) is 5. The van der Waals surface area contributed by atoms with Crippen molar-refractivity contribution in [2.45, 2.75) is 6.54 Å². The van der Waals surface area contributed by atoms with Crippen LogP contribution in [0.3, 0.4) is 0 Å². The fraction of sp³-hybridized carbons (Fsp3) is 0.136. The summed E-state index contributed by atoms with van der Waals surface area (Å²) in [4.78, 5) is 25.1. The Kier molecular flexibility index (Phi) is 5.87. The predicted molar refractivity (Wildman–Crippen MR) is 121 cm³/mol. The van der Waals surface area contributed by atoms with Crippen molar-refractivity contribution in [3.8, 4) is 5.75 Å². The number of carboxylic acid groups (broad SMARTS) is 1. The van der Waals surface area contributed by atoms with Crippen molar-refractivity contribution in [1.29, 1.82) is 0 Å². The average molecular weight is 439 g/mol. The van der Waals surface area contributed by atoms with Gasteiger partial charge in [-0.3, -0.25) is 14.5 Å². The topological polar surface area (TPSA) is 71.8 Å². The van der Waals surface area contributed by atoms with Crippen molar-refractivity contribution in [2.24, 2.45) is 0 Å². The van der Waals surface area contributed by atoms with Gasteiger partial charge in [-0.1, -0.05) is 60.4 Å². The molecule has 0 atom stereocenters. The third-order valence-corrected chi connectivity index (χ3v) is 5.99. The summed E-state index contributed by atoms with van der Waals surface area (Å²) in [5.41, 5.74) is 1.91. The quantitative estimate of drug-likeness (QED) is 0.444. The van der Waals surface area contributed by atoms with Crippen molar-refractivity contribution in [2.75, 3.05) is 13.2 Å². The SMILES string of the molecule is O=C(O)CN1C(=O)/C(=C\c2cn(CCOc3ccccc3)c3ccccc23)SC1=S. The molecule has 1 aliphatic rings. The van der Waals surface area contributed by atoms with Crippen molar-refractivity contribution < 1.29 is 19.4 Å². The molecule has 0 unspecified atom stereocenters. The number of ether oxygens (including phenoxy) is 1. The molecular formula is C22H18N2O4S2. The monoisotopic (exact) mass is 438 g/mol. The Morgan fingerprint density at radius 2 is 1.87 bits per heavy atom. The number of nitrogens with zero attached hydrogens (tertiary/aromatic N) is 2. The van der Waals surface area contributed by atoms with Crippen LogP contribution >= 0.6 is 24.0 Å². The van der Waals surface area contributed by atoms with Crippen LogP contribution < -0.4 is 4.74 Å². The van der Waals surface area contributed by atoms with Crippen LogP contribution in [0.25, 0.3) is 17.0 Å². The van der Waals surface area contributed by atoms with E-state index in [2.05, 4.69) is 4.57 Å². The first kappa shape index (κ1) is 20.2. The molecule has 1 saturated heterocycles. The number of carbonyl (C=O) groups excluding carboxylic acids is 1.